The quantitative estimate of drug-likeness (QED) is 0.431. The summed E-state index contributed by atoms with van der Waals surface area (Å²) < 4.78 is 12.2. The van der Waals surface area contributed by atoms with E-state index in [1.165, 1.54) is 5.56 Å². The molecule has 1 atom stereocenters. The van der Waals surface area contributed by atoms with Gasteiger partial charge in [0.25, 0.3) is 0 Å². The van der Waals surface area contributed by atoms with Crippen molar-refractivity contribution in [3.05, 3.63) is 70.2 Å². The summed E-state index contributed by atoms with van der Waals surface area (Å²) in [7, 11) is -1.89. The van der Waals surface area contributed by atoms with Crippen molar-refractivity contribution >= 4 is 24.9 Å². The highest BCUT2D eigenvalue weighted by atomic mass is 35.5. The van der Waals surface area contributed by atoms with Gasteiger partial charge in [0.2, 0.25) is 0 Å². The Hall–Kier alpha value is -1.50. The van der Waals surface area contributed by atoms with Gasteiger partial charge in [-0.15, -0.1) is 0 Å². The topological polar surface area (TPSA) is 34.1 Å². The summed E-state index contributed by atoms with van der Waals surface area (Å²) in [5.41, 5.74) is 2.21. The van der Waals surface area contributed by atoms with Gasteiger partial charge in [-0.3, -0.25) is 0 Å². The summed E-state index contributed by atoms with van der Waals surface area (Å²) in [6.45, 7) is 1.82. The Morgan fingerprint density at radius 3 is 2.43 bits per heavy atom. The van der Waals surface area contributed by atoms with E-state index in [4.69, 9.17) is 11.6 Å². The van der Waals surface area contributed by atoms with E-state index in [0.29, 0.717) is 16.7 Å². The molecule has 0 saturated carbocycles. The summed E-state index contributed by atoms with van der Waals surface area (Å²) in [4.78, 5) is 12.3. The number of aryl methyl sites for hydroxylation is 2. The van der Waals surface area contributed by atoms with Gasteiger partial charge in [-0.05, 0) is 49.8 Å². The van der Waals surface area contributed by atoms with Gasteiger partial charge in [-0.25, -0.2) is 4.79 Å². The summed E-state index contributed by atoms with van der Waals surface area (Å²) in [6.07, 6.45) is 4.29. The predicted molar refractivity (Wildman–Crippen MR) is 97.0 cm³/mol. The molecular formula is C19H21ClO2P+. The van der Waals surface area contributed by atoms with Crippen LogP contribution in [0.5, 0.6) is 0 Å². The highest BCUT2D eigenvalue weighted by molar-refractivity contribution is 7.64. The average molecular weight is 348 g/mol. The van der Waals surface area contributed by atoms with E-state index < -0.39 is 7.80 Å². The Morgan fingerprint density at radius 2 is 1.74 bits per heavy atom. The second kappa shape index (κ2) is 8.96. The molecule has 0 fully saturated rings. The Bertz CT molecular complexity index is 663. The molecule has 4 heteroatoms. The minimum atomic E-state index is -1.89. The zero-order chi connectivity index (χ0) is 16.7. The molecule has 2 aromatic carbocycles. The Balaban J connectivity index is 1.77. The Morgan fingerprint density at radius 1 is 1.00 bits per heavy atom. The molecule has 2 rings (SSSR count). The summed E-state index contributed by atoms with van der Waals surface area (Å²) in [6, 6.07) is 15.6. The largest absolute Gasteiger partial charge is 0.420 e. The molecule has 0 heterocycles. The normalized spacial score (nSPS) is 11.3. The molecule has 0 spiro atoms. The monoisotopic (exact) mass is 347 g/mol. The van der Waals surface area contributed by atoms with Crippen molar-refractivity contribution in [1.29, 1.82) is 0 Å². The number of carbonyl (C=O) groups is 1. The van der Waals surface area contributed by atoms with E-state index in [0.717, 1.165) is 31.2 Å². The van der Waals surface area contributed by atoms with Crippen molar-refractivity contribution in [2.75, 3.05) is 6.16 Å². The lowest BCUT2D eigenvalue weighted by Gasteiger charge is -2.01. The number of hydrogen-bond acceptors (Lipinski definition) is 2. The van der Waals surface area contributed by atoms with Gasteiger partial charge in [0.05, 0.1) is 10.6 Å². The van der Waals surface area contributed by atoms with Crippen molar-refractivity contribution in [3.8, 4) is 0 Å². The zero-order valence-corrected chi connectivity index (χ0v) is 14.9. The van der Waals surface area contributed by atoms with E-state index >= 15 is 0 Å². The molecule has 1 unspecified atom stereocenters. The van der Waals surface area contributed by atoms with Crippen LogP contribution < -0.4 is 0 Å². The van der Waals surface area contributed by atoms with E-state index in [2.05, 4.69) is 12.1 Å². The maximum Gasteiger partial charge on any atom is 0.420 e. The van der Waals surface area contributed by atoms with Crippen LogP contribution in [-0.2, 0) is 11.0 Å². The minimum absolute atomic E-state index is 0.314. The van der Waals surface area contributed by atoms with Gasteiger partial charge in [-0.2, -0.15) is 0 Å². The Labute approximate surface area is 143 Å². The van der Waals surface area contributed by atoms with Crippen molar-refractivity contribution < 1.29 is 9.36 Å². The van der Waals surface area contributed by atoms with Crippen LogP contribution in [0.4, 0.5) is 0 Å². The second-order valence-electron chi connectivity index (χ2n) is 5.64. The van der Waals surface area contributed by atoms with Crippen LogP contribution in [0.15, 0.2) is 48.5 Å². The van der Waals surface area contributed by atoms with E-state index in [-0.39, 0.29) is 5.52 Å². The van der Waals surface area contributed by atoms with E-state index in [1.54, 1.807) is 12.1 Å². The van der Waals surface area contributed by atoms with Gasteiger partial charge < -0.3 is 0 Å². The number of halogens is 1. The summed E-state index contributed by atoms with van der Waals surface area (Å²) >= 11 is 6.07. The van der Waals surface area contributed by atoms with Crippen molar-refractivity contribution in [2.45, 2.75) is 32.6 Å². The third-order valence-electron chi connectivity index (χ3n) is 3.83. The number of carbonyl (C=O) groups excluding carboxylic acids is 1. The maximum absolute atomic E-state index is 12.3. The minimum Gasteiger partial charge on any atom is -0.234 e. The molecule has 0 aliphatic heterocycles. The molecule has 120 valence electrons. The van der Waals surface area contributed by atoms with Crippen LogP contribution in [0.2, 0.25) is 5.02 Å². The second-order valence-corrected chi connectivity index (χ2v) is 7.65. The fourth-order valence-electron chi connectivity index (χ4n) is 2.54. The number of rotatable bonds is 8. The smallest absolute Gasteiger partial charge is 0.234 e. The number of benzene rings is 2. The Kier molecular flexibility index (Phi) is 6.95. The van der Waals surface area contributed by atoms with Gasteiger partial charge in [-0.1, -0.05) is 58.6 Å². The number of hydrogen-bond donors (Lipinski definition) is 0. The third kappa shape index (κ3) is 5.27. The van der Waals surface area contributed by atoms with Gasteiger partial charge in [0.15, 0.2) is 6.16 Å². The van der Waals surface area contributed by atoms with Crippen molar-refractivity contribution in [3.63, 3.8) is 0 Å². The molecule has 23 heavy (non-hydrogen) atoms. The maximum atomic E-state index is 12.3. The van der Waals surface area contributed by atoms with Gasteiger partial charge in [0.1, 0.15) is 0 Å². The van der Waals surface area contributed by atoms with Crippen LogP contribution in [0.3, 0.4) is 0 Å². The highest BCUT2D eigenvalue weighted by Gasteiger charge is 2.31. The highest BCUT2D eigenvalue weighted by Crippen LogP contribution is 2.33. The summed E-state index contributed by atoms with van der Waals surface area (Å²) in [5, 5.41) is 0.391. The average Bonchev–Trinajstić information content (AvgIpc) is 2.55. The molecule has 0 saturated heterocycles. The first kappa shape index (κ1) is 17.8. The number of unbranched alkanes of at least 4 members (excludes halogenated alkanes) is 2. The molecule has 2 aromatic rings. The van der Waals surface area contributed by atoms with Crippen LogP contribution in [0, 0.1) is 6.92 Å². The molecule has 2 nitrogen and oxygen atoms in total. The molecule has 0 amide bonds. The predicted octanol–water partition coefficient (Wildman–Crippen LogP) is 6.03. The van der Waals surface area contributed by atoms with Crippen LogP contribution in [0.25, 0.3) is 0 Å². The lowest BCUT2D eigenvalue weighted by molar-refractivity contribution is 0.107. The molecule has 0 bridgehead atoms. The van der Waals surface area contributed by atoms with Crippen LogP contribution in [0.1, 0.15) is 40.7 Å². The fourth-order valence-corrected chi connectivity index (χ4v) is 4.17. The molecule has 0 aliphatic carbocycles. The zero-order valence-electron chi connectivity index (χ0n) is 13.3. The molecule has 0 radical (unpaired) electrons. The molecule has 0 aliphatic rings. The standard InChI is InChI=1S/C19H21ClO2P/c1-15-9-8-13-17(20)18(15)19(21)23(22)14-7-3-6-12-16-10-4-2-5-11-16/h2,4-5,8-11,13H,3,6-7,12,14H2,1H3/q+1. The van der Waals surface area contributed by atoms with Gasteiger partial charge in [0, 0.05) is 0 Å². The van der Waals surface area contributed by atoms with E-state index in [1.807, 2.05) is 31.2 Å². The fraction of sp³-hybridized carbons (Fsp3) is 0.316. The summed E-state index contributed by atoms with van der Waals surface area (Å²) in [5.74, 6) is 0. The van der Waals surface area contributed by atoms with Crippen LogP contribution >= 0.6 is 19.4 Å². The van der Waals surface area contributed by atoms with E-state index in [9.17, 15) is 9.36 Å². The lowest BCUT2D eigenvalue weighted by Crippen LogP contribution is -2.00. The first-order valence-corrected chi connectivity index (χ1v) is 9.70. The molecule has 0 N–H and O–H groups in total. The van der Waals surface area contributed by atoms with Crippen molar-refractivity contribution in [1.82, 2.24) is 0 Å². The molecule has 0 aromatic heterocycles. The first-order valence-electron chi connectivity index (χ1n) is 7.87. The van der Waals surface area contributed by atoms with Crippen molar-refractivity contribution in [2.24, 2.45) is 0 Å². The molecular weight excluding hydrogens is 327 g/mol. The van der Waals surface area contributed by atoms with Gasteiger partial charge >= 0.3 is 13.3 Å². The third-order valence-corrected chi connectivity index (χ3v) is 5.55. The lowest BCUT2D eigenvalue weighted by atomic mass is 10.1. The first-order chi connectivity index (χ1) is 11.1. The van der Waals surface area contributed by atoms with Crippen LogP contribution in [-0.4, -0.2) is 11.7 Å². The SMILES string of the molecule is Cc1cccc(Cl)c1C(=O)[P+](=O)CCCCCc1ccccc1.